The van der Waals surface area contributed by atoms with Crippen LogP contribution in [0.25, 0.3) is 11.0 Å². The van der Waals surface area contributed by atoms with E-state index in [1.54, 1.807) is 24.3 Å². The van der Waals surface area contributed by atoms with Crippen LogP contribution in [-0.2, 0) is 19.1 Å². The number of halogens is 2. The Labute approximate surface area is 186 Å². The van der Waals surface area contributed by atoms with Crippen molar-refractivity contribution in [3.63, 3.8) is 0 Å². The number of aromatic amines is 1. The van der Waals surface area contributed by atoms with Gasteiger partial charge in [-0.15, -0.1) is 0 Å². The van der Waals surface area contributed by atoms with Crippen LogP contribution in [0.15, 0.2) is 47.3 Å². The molecule has 10 heteroatoms. The van der Waals surface area contributed by atoms with Crippen molar-refractivity contribution in [2.75, 3.05) is 12.0 Å². The third kappa shape index (κ3) is 3.87. The van der Waals surface area contributed by atoms with Crippen molar-refractivity contribution >= 4 is 46.1 Å². The van der Waals surface area contributed by atoms with Gasteiger partial charge in [0.25, 0.3) is 5.56 Å². The number of fused-ring (bicyclic) bond motifs is 1. The molecule has 0 bridgehead atoms. The number of ether oxygens (including phenoxy) is 1. The van der Waals surface area contributed by atoms with Gasteiger partial charge in [0, 0.05) is 12.3 Å². The van der Waals surface area contributed by atoms with Crippen molar-refractivity contribution in [1.29, 1.82) is 0 Å². The minimum Gasteiger partial charge on any atom is -0.469 e. The first-order valence-corrected chi connectivity index (χ1v) is 10.1. The molecule has 1 aliphatic heterocycles. The molecule has 1 aliphatic rings. The molecule has 1 fully saturated rings. The fourth-order valence-electron chi connectivity index (χ4n) is 3.80. The Bertz CT molecular complexity index is 1310. The lowest BCUT2D eigenvalue weighted by atomic mass is 9.90. The molecular formula is C22H17ClFN3O5. The number of H-pyrrole nitrogens is 1. The first-order valence-electron chi connectivity index (χ1n) is 9.68. The second kappa shape index (κ2) is 8.51. The number of carbonyl (C=O) groups is 3. The Morgan fingerprint density at radius 3 is 2.75 bits per heavy atom. The van der Waals surface area contributed by atoms with Gasteiger partial charge in [0.05, 0.1) is 28.9 Å². The van der Waals surface area contributed by atoms with Crippen LogP contribution in [0.3, 0.4) is 0 Å². The molecule has 4 rings (SSSR count). The highest BCUT2D eigenvalue weighted by Crippen LogP contribution is 2.34. The number of aromatic nitrogens is 2. The largest absolute Gasteiger partial charge is 0.469 e. The van der Waals surface area contributed by atoms with Crippen molar-refractivity contribution in [3.05, 3.63) is 69.4 Å². The second-order valence-corrected chi connectivity index (χ2v) is 7.75. The van der Waals surface area contributed by atoms with Gasteiger partial charge in [0.2, 0.25) is 11.8 Å². The summed E-state index contributed by atoms with van der Waals surface area (Å²) < 4.78 is 18.3. The Morgan fingerprint density at radius 1 is 1.28 bits per heavy atom. The van der Waals surface area contributed by atoms with E-state index in [4.69, 9.17) is 16.3 Å². The average Bonchev–Trinajstić information content (AvgIpc) is 3.06. The number of imide groups is 1. The summed E-state index contributed by atoms with van der Waals surface area (Å²) >= 11 is 5.78. The van der Waals surface area contributed by atoms with Gasteiger partial charge in [-0.2, -0.15) is 0 Å². The summed E-state index contributed by atoms with van der Waals surface area (Å²) in [5, 5.41) is -0.231. The fourth-order valence-corrected chi connectivity index (χ4v) is 3.98. The summed E-state index contributed by atoms with van der Waals surface area (Å²) in [7, 11) is 1.17. The third-order valence-electron chi connectivity index (χ3n) is 5.36. The maximum absolute atomic E-state index is 13.5. The lowest BCUT2D eigenvalue weighted by Gasteiger charge is -2.18. The highest BCUT2D eigenvalue weighted by molar-refractivity contribution is 6.31. The van der Waals surface area contributed by atoms with Gasteiger partial charge in [-0.3, -0.25) is 24.1 Å². The number of nitrogens with one attached hydrogen (secondary N) is 1. The van der Waals surface area contributed by atoms with E-state index in [1.165, 1.54) is 19.2 Å². The molecule has 0 radical (unpaired) electrons. The molecule has 0 spiro atoms. The molecule has 2 aromatic carbocycles. The average molecular weight is 458 g/mol. The monoisotopic (exact) mass is 457 g/mol. The van der Waals surface area contributed by atoms with Crippen LogP contribution in [0.4, 0.5) is 10.1 Å². The summed E-state index contributed by atoms with van der Waals surface area (Å²) in [4.78, 5) is 58.6. The molecule has 2 amide bonds. The SMILES string of the molecule is COC(=O)C(CC1CC(=O)N(c2ccc(F)c(Cl)c2)C1=O)c1nc2ccccc2[nH]c1=O. The Morgan fingerprint density at radius 2 is 2.03 bits per heavy atom. The van der Waals surface area contributed by atoms with Crippen LogP contribution in [0.1, 0.15) is 24.5 Å². The van der Waals surface area contributed by atoms with Crippen LogP contribution >= 0.6 is 11.6 Å². The lowest BCUT2D eigenvalue weighted by molar-refractivity contribution is -0.143. The maximum Gasteiger partial charge on any atom is 0.314 e. The van der Waals surface area contributed by atoms with Crippen LogP contribution in [0.2, 0.25) is 5.02 Å². The molecule has 8 nitrogen and oxygen atoms in total. The molecule has 1 saturated heterocycles. The molecular weight excluding hydrogens is 441 g/mol. The zero-order chi connectivity index (χ0) is 23.0. The van der Waals surface area contributed by atoms with Crippen molar-refractivity contribution in [3.8, 4) is 0 Å². The van der Waals surface area contributed by atoms with E-state index in [0.29, 0.717) is 11.0 Å². The third-order valence-corrected chi connectivity index (χ3v) is 5.65. The van der Waals surface area contributed by atoms with Crippen molar-refractivity contribution in [1.82, 2.24) is 9.97 Å². The van der Waals surface area contributed by atoms with Crippen LogP contribution in [0.5, 0.6) is 0 Å². The fraction of sp³-hybridized carbons (Fsp3) is 0.227. The number of carbonyl (C=O) groups excluding carboxylic acids is 3. The van der Waals surface area contributed by atoms with E-state index in [1.807, 2.05) is 0 Å². The van der Waals surface area contributed by atoms with Gasteiger partial charge < -0.3 is 9.72 Å². The van der Waals surface area contributed by atoms with Crippen molar-refractivity contribution in [2.45, 2.75) is 18.8 Å². The molecule has 2 heterocycles. The molecule has 0 aliphatic carbocycles. The van der Waals surface area contributed by atoms with E-state index in [-0.39, 0.29) is 29.2 Å². The van der Waals surface area contributed by atoms with E-state index in [2.05, 4.69) is 9.97 Å². The molecule has 2 unspecified atom stereocenters. The second-order valence-electron chi connectivity index (χ2n) is 7.35. The Hall–Kier alpha value is -3.59. The lowest BCUT2D eigenvalue weighted by Crippen LogP contribution is -2.32. The summed E-state index contributed by atoms with van der Waals surface area (Å²) in [5.41, 5.74) is 0.408. The molecule has 32 heavy (non-hydrogen) atoms. The molecule has 3 aromatic rings. The molecule has 1 N–H and O–H groups in total. The predicted molar refractivity (Wildman–Crippen MR) is 114 cm³/mol. The van der Waals surface area contributed by atoms with E-state index >= 15 is 0 Å². The number of para-hydroxylation sites is 2. The summed E-state index contributed by atoms with van der Waals surface area (Å²) in [6.07, 6.45) is -0.343. The highest BCUT2D eigenvalue weighted by atomic mass is 35.5. The maximum atomic E-state index is 13.5. The van der Waals surface area contributed by atoms with Crippen molar-refractivity contribution in [2.24, 2.45) is 5.92 Å². The van der Waals surface area contributed by atoms with Crippen molar-refractivity contribution < 1.29 is 23.5 Å². The van der Waals surface area contributed by atoms with Gasteiger partial charge in [0.1, 0.15) is 17.4 Å². The number of amides is 2. The Balaban J connectivity index is 1.67. The van der Waals surface area contributed by atoms with E-state index in [9.17, 15) is 23.6 Å². The number of anilines is 1. The normalized spacial score (nSPS) is 17.1. The van der Waals surface area contributed by atoms with Gasteiger partial charge >= 0.3 is 5.97 Å². The molecule has 2 atom stereocenters. The highest BCUT2D eigenvalue weighted by Gasteiger charge is 2.43. The van der Waals surface area contributed by atoms with Gasteiger partial charge in [-0.25, -0.2) is 9.37 Å². The molecule has 0 saturated carbocycles. The number of esters is 1. The quantitative estimate of drug-likeness (QED) is 0.466. The van der Waals surface area contributed by atoms with Crippen LogP contribution < -0.4 is 10.5 Å². The number of nitrogens with zero attached hydrogens (tertiary/aromatic N) is 2. The minimum absolute atomic E-state index is 0.0981. The molecule has 164 valence electrons. The number of hydrogen-bond acceptors (Lipinski definition) is 6. The minimum atomic E-state index is -1.16. The first kappa shape index (κ1) is 21.6. The topological polar surface area (TPSA) is 109 Å². The number of benzene rings is 2. The number of methoxy groups -OCH3 is 1. The zero-order valence-electron chi connectivity index (χ0n) is 16.8. The first-order chi connectivity index (χ1) is 15.3. The smallest absolute Gasteiger partial charge is 0.314 e. The van der Waals surface area contributed by atoms with Gasteiger partial charge in [-0.05, 0) is 36.8 Å². The summed E-state index contributed by atoms with van der Waals surface area (Å²) in [6, 6.07) is 10.3. The number of hydrogen-bond donors (Lipinski definition) is 1. The van der Waals surface area contributed by atoms with Gasteiger partial charge in [0.15, 0.2) is 0 Å². The zero-order valence-corrected chi connectivity index (χ0v) is 17.6. The van der Waals surface area contributed by atoms with Gasteiger partial charge in [-0.1, -0.05) is 23.7 Å². The summed E-state index contributed by atoms with van der Waals surface area (Å²) in [5.74, 6) is -4.59. The van der Waals surface area contributed by atoms with E-state index < -0.39 is 41.0 Å². The number of rotatable bonds is 5. The predicted octanol–water partition coefficient (Wildman–Crippen LogP) is 2.94. The van der Waals surface area contributed by atoms with Crippen LogP contribution in [-0.4, -0.2) is 34.9 Å². The standard InChI is InChI=1S/C22H17ClFN3O5/c1-32-22(31)13(19-20(29)26-17-5-3-2-4-16(17)25-19)8-11-9-18(28)27(21(11)30)12-6-7-15(24)14(23)10-12/h2-7,10-11,13H,8-9H2,1H3,(H,26,29). The summed E-state index contributed by atoms with van der Waals surface area (Å²) in [6.45, 7) is 0. The van der Waals surface area contributed by atoms with E-state index in [0.717, 1.165) is 11.0 Å². The molecule has 1 aromatic heterocycles. The Kier molecular flexibility index (Phi) is 5.75. The van der Waals surface area contributed by atoms with Crippen LogP contribution in [0, 0.1) is 11.7 Å².